The van der Waals surface area contributed by atoms with Crippen LogP contribution in [0.5, 0.6) is 5.75 Å². The third kappa shape index (κ3) is 6.34. The minimum atomic E-state index is -0.244. The number of ether oxygens (including phenoxy) is 1. The molecule has 0 heterocycles. The van der Waals surface area contributed by atoms with Crippen molar-refractivity contribution >= 4 is 34.4 Å². The first-order chi connectivity index (χ1) is 15.1. The molecule has 31 heavy (non-hydrogen) atoms. The Labute approximate surface area is 182 Å². The van der Waals surface area contributed by atoms with Crippen LogP contribution in [0.1, 0.15) is 5.56 Å². The summed E-state index contributed by atoms with van der Waals surface area (Å²) < 4.78 is 5.17. The Bertz CT molecular complexity index is 1070. The summed E-state index contributed by atoms with van der Waals surface area (Å²) in [4.78, 5) is 25.8. The fraction of sp³-hybridized carbons (Fsp3) is 0.200. The number of likely N-dealkylation sites (N-methyl/N-ethyl adjacent to an activating group) is 1. The van der Waals surface area contributed by atoms with E-state index in [2.05, 4.69) is 28.8 Å². The molecule has 3 aromatic carbocycles. The molecule has 0 aliphatic rings. The Morgan fingerprint density at radius 2 is 1.77 bits per heavy atom. The first-order valence-electron chi connectivity index (χ1n) is 10.1. The molecule has 160 valence electrons. The molecule has 0 bridgehead atoms. The van der Waals surface area contributed by atoms with Gasteiger partial charge >= 0.3 is 0 Å². The topological polar surface area (TPSA) is 70.7 Å². The summed E-state index contributed by atoms with van der Waals surface area (Å²) >= 11 is 0. The quantitative estimate of drug-likeness (QED) is 0.413. The van der Waals surface area contributed by atoms with E-state index in [0.29, 0.717) is 13.1 Å². The average Bonchev–Trinajstić information content (AvgIpc) is 2.80. The second-order valence-corrected chi connectivity index (χ2v) is 7.11. The van der Waals surface area contributed by atoms with E-state index in [9.17, 15) is 9.59 Å². The third-order valence-electron chi connectivity index (χ3n) is 4.82. The second-order valence-electron chi connectivity index (χ2n) is 7.11. The highest BCUT2D eigenvalue weighted by atomic mass is 16.5. The van der Waals surface area contributed by atoms with Crippen molar-refractivity contribution in [3.05, 3.63) is 78.4 Å². The van der Waals surface area contributed by atoms with Gasteiger partial charge in [0.25, 0.3) is 0 Å². The van der Waals surface area contributed by atoms with E-state index in [1.165, 1.54) is 16.4 Å². The molecule has 0 fully saturated rings. The normalized spacial score (nSPS) is 10.8. The van der Waals surface area contributed by atoms with E-state index >= 15 is 0 Å². The maximum Gasteiger partial charge on any atom is 0.246 e. The molecule has 0 aliphatic carbocycles. The first-order valence-corrected chi connectivity index (χ1v) is 10.1. The molecule has 0 radical (unpaired) electrons. The Kier molecular flexibility index (Phi) is 7.65. The van der Waals surface area contributed by atoms with E-state index in [4.69, 9.17) is 4.74 Å². The SMILES string of the molecule is COc1cccc(/C=C/C(=O)N(C)CC(=O)NCCNc2cccc3ccccc23)c1. The highest BCUT2D eigenvalue weighted by molar-refractivity contribution is 5.95. The van der Waals surface area contributed by atoms with Gasteiger partial charge in [-0.25, -0.2) is 0 Å². The molecule has 6 heteroatoms. The lowest BCUT2D eigenvalue weighted by Crippen LogP contribution is -2.39. The number of nitrogens with zero attached hydrogens (tertiary/aromatic N) is 1. The summed E-state index contributed by atoms with van der Waals surface area (Å²) in [6.07, 6.45) is 3.15. The third-order valence-corrected chi connectivity index (χ3v) is 4.82. The highest BCUT2D eigenvalue weighted by Gasteiger charge is 2.10. The molecule has 0 saturated carbocycles. The van der Waals surface area contributed by atoms with E-state index in [0.717, 1.165) is 22.4 Å². The van der Waals surface area contributed by atoms with E-state index in [1.807, 2.05) is 48.5 Å². The van der Waals surface area contributed by atoms with Crippen LogP contribution in [-0.4, -0.2) is 50.5 Å². The average molecular weight is 418 g/mol. The Morgan fingerprint density at radius 1 is 1.00 bits per heavy atom. The van der Waals surface area contributed by atoms with Gasteiger partial charge in [-0.15, -0.1) is 0 Å². The van der Waals surface area contributed by atoms with Crippen molar-refractivity contribution in [2.75, 3.05) is 39.1 Å². The van der Waals surface area contributed by atoms with Gasteiger partial charge in [-0.05, 0) is 35.2 Å². The molecule has 0 aliphatic heterocycles. The lowest BCUT2D eigenvalue weighted by Gasteiger charge is -2.15. The number of carbonyl (C=O) groups excluding carboxylic acids is 2. The van der Waals surface area contributed by atoms with Gasteiger partial charge in [0.1, 0.15) is 5.75 Å². The summed E-state index contributed by atoms with van der Waals surface area (Å²) in [5.41, 5.74) is 1.88. The van der Waals surface area contributed by atoms with Crippen LogP contribution in [0.2, 0.25) is 0 Å². The number of fused-ring (bicyclic) bond motifs is 1. The molecule has 0 unspecified atom stereocenters. The molecule has 2 amide bonds. The zero-order valence-corrected chi connectivity index (χ0v) is 17.8. The number of rotatable bonds is 9. The largest absolute Gasteiger partial charge is 0.497 e. The molecular weight excluding hydrogens is 390 g/mol. The number of carbonyl (C=O) groups is 2. The lowest BCUT2D eigenvalue weighted by molar-refractivity contribution is -0.131. The van der Waals surface area contributed by atoms with Crippen LogP contribution in [-0.2, 0) is 9.59 Å². The predicted octanol–water partition coefficient (Wildman–Crippen LogP) is 3.55. The minimum absolute atomic E-state index is 0.00441. The molecule has 0 atom stereocenters. The first kappa shape index (κ1) is 21.9. The van der Waals surface area contributed by atoms with Crippen LogP contribution < -0.4 is 15.4 Å². The van der Waals surface area contributed by atoms with Gasteiger partial charge in [-0.1, -0.05) is 48.5 Å². The van der Waals surface area contributed by atoms with Crippen molar-refractivity contribution in [3.63, 3.8) is 0 Å². The summed E-state index contributed by atoms with van der Waals surface area (Å²) in [7, 11) is 3.20. The predicted molar refractivity (Wildman–Crippen MR) is 125 cm³/mol. The summed E-state index contributed by atoms with van der Waals surface area (Å²) in [6.45, 7) is 1.05. The van der Waals surface area contributed by atoms with Crippen molar-refractivity contribution < 1.29 is 14.3 Å². The van der Waals surface area contributed by atoms with Crippen LogP contribution in [0, 0.1) is 0 Å². The van der Waals surface area contributed by atoms with E-state index < -0.39 is 0 Å². The van der Waals surface area contributed by atoms with Gasteiger partial charge in [0.05, 0.1) is 13.7 Å². The Morgan fingerprint density at radius 3 is 2.61 bits per heavy atom. The van der Waals surface area contributed by atoms with E-state index in [1.54, 1.807) is 20.2 Å². The summed E-state index contributed by atoms with van der Waals surface area (Å²) in [5, 5.41) is 8.50. The molecular formula is C25H27N3O3. The number of anilines is 1. The fourth-order valence-electron chi connectivity index (χ4n) is 3.17. The van der Waals surface area contributed by atoms with Crippen molar-refractivity contribution in [2.24, 2.45) is 0 Å². The van der Waals surface area contributed by atoms with Crippen molar-refractivity contribution in [1.82, 2.24) is 10.2 Å². The van der Waals surface area contributed by atoms with Gasteiger partial charge in [0, 0.05) is 37.3 Å². The van der Waals surface area contributed by atoms with Crippen LogP contribution in [0.3, 0.4) is 0 Å². The number of methoxy groups -OCH3 is 1. The van der Waals surface area contributed by atoms with Gasteiger partial charge in [-0.2, -0.15) is 0 Å². The standard InChI is InChI=1S/C25H27N3O3/c1-28(25(30)14-13-19-7-5-10-21(17-19)31-2)18-24(29)27-16-15-26-23-12-6-9-20-8-3-4-11-22(20)23/h3-14,17,26H,15-16,18H2,1-2H3,(H,27,29)/b14-13+. The lowest BCUT2D eigenvalue weighted by atomic mass is 10.1. The molecule has 0 spiro atoms. The monoisotopic (exact) mass is 417 g/mol. The maximum atomic E-state index is 12.3. The zero-order valence-electron chi connectivity index (χ0n) is 17.8. The number of hydrogen-bond acceptors (Lipinski definition) is 4. The van der Waals surface area contributed by atoms with Gasteiger partial charge in [0.15, 0.2) is 0 Å². The van der Waals surface area contributed by atoms with Crippen LogP contribution in [0.25, 0.3) is 16.8 Å². The summed E-state index contributed by atoms with van der Waals surface area (Å²) in [6, 6.07) is 21.6. The second kappa shape index (κ2) is 10.8. The Balaban J connectivity index is 1.42. The van der Waals surface area contributed by atoms with Crippen molar-refractivity contribution in [2.45, 2.75) is 0 Å². The number of hydrogen-bond donors (Lipinski definition) is 2. The molecule has 0 aromatic heterocycles. The number of nitrogens with one attached hydrogen (secondary N) is 2. The number of benzene rings is 3. The van der Waals surface area contributed by atoms with Gasteiger partial charge in [-0.3, -0.25) is 9.59 Å². The molecule has 6 nitrogen and oxygen atoms in total. The fourth-order valence-corrected chi connectivity index (χ4v) is 3.17. The van der Waals surface area contributed by atoms with Gasteiger partial charge < -0.3 is 20.3 Å². The molecule has 0 saturated heterocycles. The minimum Gasteiger partial charge on any atom is -0.497 e. The van der Waals surface area contributed by atoms with Crippen molar-refractivity contribution in [1.29, 1.82) is 0 Å². The van der Waals surface area contributed by atoms with Crippen LogP contribution in [0.4, 0.5) is 5.69 Å². The van der Waals surface area contributed by atoms with Crippen LogP contribution in [0.15, 0.2) is 72.8 Å². The smallest absolute Gasteiger partial charge is 0.246 e. The highest BCUT2D eigenvalue weighted by Crippen LogP contribution is 2.22. The molecule has 3 rings (SSSR count). The maximum absolute atomic E-state index is 12.3. The van der Waals surface area contributed by atoms with E-state index in [-0.39, 0.29) is 18.4 Å². The van der Waals surface area contributed by atoms with Crippen molar-refractivity contribution in [3.8, 4) is 5.75 Å². The van der Waals surface area contributed by atoms with Gasteiger partial charge in [0.2, 0.25) is 11.8 Å². The van der Waals surface area contributed by atoms with Crippen LogP contribution >= 0.6 is 0 Å². The Hall–Kier alpha value is -3.80. The molecule has 3 aromatic rings. The summed E-state index contributed by atoms with van der Waals surface area (Å²) in [5.74, 6) is 0.275. The number of amides is 2. The molecule has 2 N–H and O–H groups in total. The zero-order chi connectivity index (χ0) is 22.1.